The Bertz CT molecular complexity index is 1250. The van der Waals surface area contributed by atoms with Crippen LogP contribution >= 0.6 is 23.2 Å². The molecule has 1 aliphatic heterocycles. The highest BCUT2D eigenvalue weighted by Gasteiger charge is 2.33. The fourth-order valence-electron chi connectivity index (χ4n) is 3.82. The molecule has 1 aliphatic rings. The molecule has 0 amide bonds. The number of benzene rings is 3. The van der Waals surface area contributed by atoms with E-state index in [1.807, 2.05) is 73.7 Å². The van der Waals surface area contributed by atoms with Crippen molar-refractivity contribution in [2.24, 2.45) is 4.99 Å². The van der Waals surface area contributed by atoms with Gasteiger partial charge < -0.3 is 10.1 Å². The van der Waals surface area contributed by atoms with Crippen LogP contribution in [0.5, 0.6) is 5.75 Å². The van der Waals surface area contributed by atoms with Crippen molar-refractivity contribution in [3.63, 3.8) is 0 Å². The van der Waals surface area contributed by atoms with Crippen LogP contribution in [-0.4, -0.2) is 20.5 Å². The first-order valence-electron chi connectivity index (χ1n) is 11.4. The Morgan fingerprint density at radius 2 is 1.53 bits per heavy atom. The molecule has 1 N–H and O–H groups in total. The molecule has 0 aromatic heterocycles. The summed E-state index contributed by atoms with van der Waals surface area (Å²) >= 11 is 12.3. The Morgan fingerprint density at radius 3 is 2.12 bits per heavy atom. The normalized spacial score (nSPS) is 17.4. The van der Waals surface area contributed by atoms with Crippen LogP contribution in [0.25, 0.3) is 0 Å². The van der Waals surface area contributed by atoms with Crippen molar-refractivity contribution in [1.29, 1.82) is 0 Å². The maximum atomic E-state index is 6.15. The Balaban J connectivity index is 1.75. The molecule has 34 heavy (non-hydrogen) atoms. The Morgan fingerprint density at radius 1 is 0.912 bits per heavy atom. The summed E-state index contributed by atoms with van der Waals surface area (Å²) in [5, 5.41) is 5.06. The van der Waals surface area contributed by atoms with Crippen molar-refractivity contribution in [1.82, 2.24) is 5.32 Å². The van der Waals surface area contributed by atoms with Gasteiger partial charge in [-0.3, -0.25) is 4.99 Å². The van der Waals surface area contributed by atoms with E-state index in [9.17, 15) is 0 Å². The van der Waals surface area contributed by atoms with Gasteiger partial charge in [0.1, 0.15) is 25.7 Å². The molecule has 174 valence electrons. The minimum Gasteiger partial charge on any atom is -0.493 e. The minimum atomic E-state index is -1.47. The first-order chi connectivity index (χ1) is 16.2. The number of amidine groups is 1. The number of hydrogen-bond donors (Lipinski definition) is 1. The number of nitrogens with one attached hydrogen (secondary N) is 1. The standard InChI is InChI=1S/C28H28Cl2N2OSi/c1-5-33-25-18-19(16-17-34(2,3)4)6-15-24(25)28-31-26(20-7-11-22(29)12-8-20)27(32-28)21-9-13-23(30)14-10-21/h6-15,18,26-27H,5H2,1-4H3,(H,31,32). The van der Waals surface area contributed by atoms with E-state index in [2.05, 4.69) is 36.4 Å². The lowest BCUT2D eigenvalue weighted by atomic mass is 9.95. The Hall–Kier alpha value is -2.71. The topological polar surface area (TPSA) is 33.6 Å². The number of ether oxygens (including phenoxy) is 1. The van der Waals surface area contributed by atoms with Gasteiger partial charge in [-0.1, -0.05) is 73.0 Å². The molecule has 0 radical (unpaired) electrons. The molecule has 2 unspecified atom stereocenters. The summed E-state index contributed by atoms with van der Waals surface area (Å²) in [6, 6.07) is 21.7. The quantitative estimate of drug-likeness (QED) is 0.287. The van der Waals surface area contributed by atoms with E-state index in [0.717, 1.165) is 33.8 Å². The van der Waals surface area contributed by atoms with Crippen LogP contribution in [0.2, 0.25) is 29.7 Å². The first kappa shape index (κ1) is 24.4. The zero-order chi connectivity index (χ0) is 24.3. The molecule has 3 aromatic carbocycles. The third-order valence-electron chi connectivity index (χ3n) is 5.44. The second kappa shape index (κ2) is 10.3. The molecule has 0 spiro atoms. The van der Waals surface area contributed by atoms with Crippen LogP contribution in [0.4, 0.5) is 0 Å². The van der Waals surface area contributed by atoms with E-state index < -0.39 is 8.07 Å². The molecule has 3 aromatic rings. The van der Waals surface area contributed by atoms with E-state index >= 15 is 0 Å². The summed E-state index contributed by atoms with van der Waals surface area (Å²) in [4.78, 5) is 5.12. The zero-order valence-corrected chi connectivity index (χ0v) is 22.3. The molecule has 6 heteroatoms. The lowest BCUT2D eigenvalue weighted by Crippen LogP contribution is -2.25. The fraction of sp³-hybridized carbons (Fsp3) is 0.250. The van der Waals surface area contributed by atoms with Gasteiger partial charge in [0, 0.05) is 15.6 Å². The summed E-state index contributed by atoms with van der Waals surface area (Å²) < 4.78 is 6.02. The molecule has 2 atom stereocenters. The predicted molar refractivity (Wildman–Crippen MR) is 146 cm³/mol. The summed E-state index contributed by atoms with van der Waals surface area (Å²) in [6.07, 6.45) is 0. The number of hydrogen-bond acceptors (Lipinski definition) is 3. The minimum absolute atomic E-state index is 0.0470. The lowest BCUT2D eigenvalue weighted by molar-refractivity contribution is 0.339. The Labute approximate surface area is 213 Å². The average Bonchev–Trinajstić information content (AvgIpc) is 3.24. The van der Waals surface area contributed by atoms with E-state index in [1.165, 1.54) is 0 Å². The third-order valence-corrected chi connectivity index (χ3v) is 6.81. The number of rotatable bonds is 5. The second-order valence-electron chi connectivity index (χ2n) is 9.29. The molecular formula is C28H28Cl2N2OSi. The van der Waals surface area contributed by atoms with Crippen LogP contribution in [-0.2, 0) is 0 Å². The third kappa shape index (κ3) is 5.85. The van der Waals surface area contributed by atoms with Crippen LogP contribution in [0.3, 0.4) is 0 Å². The van der Waals surface area contributed by atoms with Gasteiger partial charge in [-0.05, 0) is 60.5 Å². The summed E-state index contributed by atoms with van der Waals surface area (Å²) in [5.41, 5.74) is 7.51. The molecule has 0 bridgehead atoms. The molecule has 1 heterocycles. The number of halogens is 2. The summed E-state index contributed by atoms with van der Waals surface area (Å²) in [7, 11) is -1.47. The van der Waals surface area contributed by atoms with Gasteiger partial charge in [0.2, 0.25) is 0 Å². The Kier molecular flexibility index (Phi) is 7.38. The maximum absolute atomic E-state index is 6.15. The van der Waals surface area contributed by atoms with Crippen molar-refractivity contribution < 1.29 is 4.74 Å². The van der Waals surface area contributed by atoms with E-state index in [-0.39, 0.29) is 12.1 Å². The van der Waals surface area contributed by atoms with Gasteiger partial charge in [0.25, 0.3) is 0 Å². The largest absolute Gasteiger partial charge is 0.493 e. The highest BCUT2D eigenvalue weighted by molar-refractivity contribution is 6.83. The van der Waals surface area contributed by atoms with Gasteiger partial charge in [-0.15, -0.1) is 5.54 Å². The van der Waals surface area contributed by atoms with Crippen LogP contribution in [0.15, 0.2) is 71.7 Å². The molecular weight excluding hydrogens is 479 g/mol. The molecule has 0 saturated carbocycles. The second-order valence-corrected chi connectivity index (χ2v) is 14.9. The van der Waals surface area contributed by atoms with Crippen molar-refractivity contribution >= 4 is 37.1 Å². The highest BCUT2D eigenvalue weighted by Crippen LogP contribution is 2.39. The molecule has 0 saturated heterocycles. The number of aliphatic imine (C=N–C) groups is 1. The van der Waals surface area contributed by atoms with Crippen molar-refractivity contribution in [3.8, 4) is 17.2 Å². The van der Waals surface area contributed by atoms with Gasteiger partial charge in [0.05, 0.1) is 18.2 Å². The van der Waals surface area contributed by atoms with E-state index in [4.69, 9.17) is 32.9 Å². The van der Waals surface area contributed by atoms with Gasteiger partial charge in [0.15, 0.2) is 0 Å². The van der Waals surface area contributed by atoms with Crippen LogP contribution in [0, 0.1) is 11.5 Å². The van der Waals surface area contributed by atoms with Gasteiger partial charge >= 0.3 is 0 Å². The first-order valence-corrected chi connectivity index (χ1v) is 15.6. The molecule has 0 aliphatic carbocycles. The summed E-state index contributed by atoms with van der Waals surface area (Å²) in [5.74, 6) is 4.91. The zero-order valence-electron chi connectivity index (χ0n) is 19.8. The monoisotopic (exact) mass is 506 g/mol. The van der Waals surface area contributed by atoms with Gasteiger partial charge in [-0.25, -0.2) is 0 Å². The van der Waals surface area contributed by atoms with Crippen molar-refractivity contribution in [2.75, 3.05) is 6.61 Å². The molecule has 4 rings (SSSR count). The van der Waals surface area contributed by atoms with Crippen LogP contribution in [0.1, 0.15) is 41.3 Å². The van der Waals surface area contributed by atoms with E-state index in [0.29, 0.717) is 16.7 Å². The SMILES string of the molecule is CCOc1cc(C#C[Si](C)(C)C)ccc1C1=NC(c2ccc(Cl)cc2)C(c2ccc(Cl)cc2)N1. The highest BCUT2D eigenvalue weighted by atomic mass is 35.5. The fourth-order valence-corrected chi connectivity index (χ4v) is 4.59. The molecule has 3 nitrogen and oxygen atoms in total. The van der Waals surface area contributed by atoms with Gasteiger partial charge in [-0.2, -0.15) is 0 Å². The van der Waals surface area contributed by atoms with Crippen molar-refractivity contribution in [3.05, 3.63) is 99.0 Å². The van der Waals surface area contributed by atoms with E-state index in [1.54, 1.807) is 0 Å². The maximum Gasteiger partial charge on any atom is 0.133 e. The molecule has 0 fully saturated rings. The average molecular weight is 508 g/mol. The number of nitrogens with zero attached hydrogens (tertiary/aromatic N) is 1. The van der Waals surface area contributed by atoms with Crippen molar-refractivity contribution in [2.45, 2.75) is 38.6 Å². The summed E-state index contributed by atoms with van der Waals surface area (Å²) in [6.45, 7) is 9.27. The predicted octanol–water partition coefficient (Wildman–Crippen LogP) is 7.45. The lowest BCUT2D eigenvalue weighted by Gasteiger charge is -2.20. The smallest absolute Gasteiger partial charge is 0.133 e. The van der Waals surface area contributed by atoms with Crippen LogP contribution < -0.4 is 10.1 Å².